The highest BCUT2D eigenvalue weighted by Crippen LogP contribution is 2.31. The quantitative estimate of drug-likeness (QED) is 0.0745. The maximum Gasteiger partial charge on any atom is 0.319 e. The molecule has 0 bridgehead atoms. The molecule has 2 heterocycles. The molecule has 1 aromatic heterocycles. The van der Waals surface area contributed by atoms with Gasteiger partial charge in [0.25, 0.3) is 0 Å². The second-order valence-electron chi connectivity index (χ2n) is 14.0. The molecule has 300 valence electrons. The Kier molecular flexibility index (Phi) is 14.0. The first-order valence-electron chi connectivity index (χ1n) is 18.7. The van der Waals surface area contributed by atoms with Gasteiger partial charge in [-0.2, -0.15) is 0 Å². The van der Waals surface area contributed by atoms with Crippen molar-refractivity contribution in [2.24, 2.45) is 5.73 Å². The van der Waals surface area contributed by atoms with Crippen LogP contribution in [-0.2, 0) is 35.6 Å². The fraction of sp³-hybridized carbons (Fsp3) is 0.310. The number of anilines is 1. The van der Waals surface area contributed by atoms with Gasteiger partial charge in [-0.15, -0.1) is 0 Å². The molecule has 5 aromatic rings. The summed E-state index contributed by atoms with van der Waals surface area (Å²) in [5.74, 6) is -2.70. The van der Waals surface area contributed by atoms with E-state index in [1.165, 1.54) is 6.07 Å². The zero-order valence-corrected chi connectivity index (χ0v) is 32.9. The van der Waals surface area contributed by atoms with Crippen LogP contribution in [0.4, 0.5) is 19.3 Å². The van der Waals surface area contributed by atoms with E-state index in [1.54, 1.807) is 55.6 Å². The second kappa shape index (κ2) is 19.3. The molecule has 11 nitrogen and oxygen atoms in total. The van der Waals surface area contributed by atoms with Gasteiger partial charge >= 0.3 is 6.03 Å². The maximum absolute atomic E-state index is 14.3. The predicted molar refractivity (Wildman–Crippen MR) is 218 cm³/mol. The molecule has 57 heavy (non-hydrogen) atoms. The minimum absolute atomic E-state index is 0.0787. The van der Waals surface area contributed by atoms with Gasteiger partial charge in [0.15, 0.2) is 11.6 Å². The molecule has 0 radical (unpaired) electrons. The van der Waals surface area contributed by atoms with Crippen LogP contribution in [0.3, 0.4) is 0 Å². The number of benzene rings is 4. The molecular formula is C42H45Cl2F2N7O4. The third-order valence-corrected chi connectivity index (χ3v) is 10.7. The number of likely N-dealkylation sites (tertiary alicyclic amines) is 1. The largest absolute Gasteiger partial charge is 0.497 e. The number of carbonyl (C=O) groups is 3. The first-order valence-corrected chi connectivity index (χ1v) is 19.5. The first-order chi connectivity index (χ1) is 27.5. The average molecular weight is 821 g/mol. The van der Waals surface area contributed by atoms with Crippen LogP contribution in [0.1, 0.15) is 41.5 Å². The molecule has 0 unspecified atom stereocenters. The number of fused-ring (bicyclic) bond motifs is 1. The number of halogens is 4. The zero-order valence-electron chi connectivity index (χ0n) is 31.4. The molecule has 6 rings (SSSR count). The zero-order chi connectivity index (χ0) is 40.5. The van der Waals surface area contributed by atoms with Gasteiger partial charge in [0.2, 0.25) is 11.8 Å². The predicted octanol–water partition coefficient (Wildman–Crippen LogP) is 6.76. The molecular weight excluding hydrogens is 775 g/mol. The molecule has 0 saturated carbocycles. The number of aromatic nitrogens is 1. The van der Waals surface area contributed by atoms with E-state index in [4.69, 9.17) is 33.7 Å². The number of urea groups is 1. The van der Waals surface area contributed by atoms with E-state index in [-0.39, 0.29) is 31.5 Å². The monoisotopic (exact) mass is 819 g/mol. The third-order valence-electron chi connectivity index (χ3n) is 9.97. The summed E-state index contributed by atoms with van der Waals surface area (Å²) in [6, 6.07) is 18.2. The van der Waals surface area contributed by atoms with Crippen LogP contribution in [0.5, 0.6) is 5.75 Å². The normalized spacial score (nSPS) is 13.9. The summed E-state index contributed by atoms with van der Waals surface area (Å²) < 4.78 is 35.3. The van der Waals surface area contributed by atoms with Crippen LogP contribution in [0.25, 0.3) is 10.9 Å². The molecule has 6 N–H and O–H groups in total. The molecule has 15 heteroatoms. The summed E-state index contributed by atoms with van der Waals surface area (Å²) >= 11 is 13.1. The number of nitrogens with one attached hydrogen (secondary N) is 4. The number of methoxy groups -OCH3 is 1. The van der Waals surface area contributed by atoms with E-state index >= 15 is 0 Å². The van der Waals surface area contributed by atoms with Crippen molar-refractivity contribution >= 4 is 57.6 Å². The number of hydrogen-bond donors (Lipinski definition) is 5. The first kappa shape index (κ1) is 41.4. The number of nitrogens with zero attached hydrogens (tertiary/aromatic N) is 2. The molecule has 0 spiro atoms. The van der Waals surface area contributed by atoms with E-state index in [1.807, 2.05) is 16.7 Å². The van der Waals surface area contributed by atoms with Crippen molar-refractivity contribution in [1.29, 1.82) is 0 Å². The number of rotatable bonds is 16. The van der Waals surface area contributed by atoms with Crippen LogP contribution >= 0.6 is 23.2 Å². The summed E-state index contributed by atoms with van der Waals surface area (Å²) in [6.07, 6.45) is 4.28. The standard InChI is InChI=1S/C42H45Cl2F2N7O4/c1-57-30-11-7-26(8-12-30)22-48-40(54)37(15-16-47)50-41(55)38(20-27-9-14-35(45)36(46)19-27)51-42(56)49-29-10-13-31-28(23-52-17-2-3-18-52)24-53(39(31)21-29)25-32-33(43)5-4-6-34(32)44/h4-14,19,21,24,37-38H,2-3,15-18,20,22-23,25,47H2,1H3,(H,48,54)(H,50,55)(H2,49,51,56)/t37-,38-/m0/s1. The highest BCUT2D eigenvalue weighted by atomic mass is 35.5. The lowest BCUT2D eigenvalue weighted by Crippen LogP contribution is -2.55. The molecule has 4 amide bonds. The van der Waals surface area contributed by atoms with Gasteiger partial charge in [0.1, 0.15) is 17.8 Å². The minimum atomic E-state index is -1.30. The maximum atomic E-state index is 14.3. The molecule has 1 aliphatic rings. The van der Waals surface area contributed by atoms with Crippen LogP contribution < -0.4 is 31.7 Å². The third kappa shape index (κ3) is 10.8. The Balaban J connectivity index is 1.21. The van der Waals surface area contributed by atoms with Gasteiger partial charge in [-0.25, -0.2) is 13.6 Å². The van der Waals surface area contributed by atoms with Gasteiger partial charge in [-0.1, -0.05) is 53.5 Å². The van der Waals surface area contributed by atoms with Gasteiger partial charge in [0.05, 0.1) is 19.2 Å². The summed E-state index contributed by atoms with van der Waals surface area (Å²) in [5, 5.41) is 13.1. The molecule has 2 atom stereocenters. The highest BCUT2D eigenvalue weighted by Gasteiger charge is 2.28. The topological polar surface area (TPSA) is 143 Å². The average Bonchev–Trinajstić information content (AvgIpc) is 3.84. The fourth-order valence-electron chi connectivity index (χ4n) is 6.94. The smallest absolute Gasteiger partial charge is 0.319 e. The second-order valence-corrected chi connectivity index (χ2v) is 14.8. The number of nitrogens with two attached hydrogens (primary N) is 1. The van der Waals surface area contributed by atoms with Crippen molar-refractivity contribution in [3.05, 3.63) is 129 Å². The van der Waals surface area contributed by atoms with E-state index in [2.05, 4.69) is 32.4 Å². The number of hydrogen-bond acceptors (Lipinski definition) is 6. The van der Waals surface area contributed by atoms with Crippen molar-refractivity contribution in [3.63, 3.8) is 0 Å². The summed E-state index contributed by atoms with van der Waals surface area (Å²) in [6.45, 7) is 3.44. The van der Waals surface area contributed by atoms with Crippen LogP contribution in [0.2, 0.25) is 10.0 Å². The van der Waals surface area contributed by atoms with E-state index in [0.29, 0.717) is 28.0 Å². The van der Waals surface area contributed by atoms with Gasteiger partial charge < -0.3 is 36.3 Å². The van der Waals surface area contributed by atoms with Crippen molar-refractivity contribution in [3.8, 4) is 5.75 Å². The van der Waals surface area contributed by atoms with E-state index in [9.17, 15) is 23.2 Å². The Labute approximate surface area is 339 Å². The Morgan fingerprint density at radius 1 is 0.842 bits per heavy atom. The summed E-state index contributed by atoms with van der Waals surface area (Å²) in [4.78, 5) is 43.1. The lowest BCUT2D eigenvalue weighted by molar-refractivity contribution is -0.130. The van der Waals surface area contributed by atoms with Gasteiger partial charge in [0, 0.05) is 52.4 Å². The Morgan fingerprint density at radius 2 is 1.56 bits per heavy atom. The van der Waals surface area contributed by atoms with Crippen LogP contribution in [0.15, 0.2) is 85.1 Å². The fourth-order valence-corrected chi connectivity index (χ4v) is 7.46. The Hall–Kier alpha value is -5.21. The van der Waals surface area contributed by atoms with Crippen LogP contribution in [-0.4, -0.2) is 66.1 Å². The van der Waals surface area contributed by atoms with E-state index in [0.717, 1.165) is 72.2 Å². The molecule has 1 saturated heterocycles. The van der Waals surface area contributed by atoms with Gasteiger partial charge in [-0.05, 0) is 104 Å². The molecule has 1 aliphatic heterocycles. The molecule has 1 fully saturated rings. The number of carbonyl (C=O) groups excluding carboxylic acids is 3. The number of ether oxygens (including phenoxy) is 1. The van der Waals surface area contributed by atoms with Crippen LogP contribution in [0, 0.1) is 11.6 Å². The summed E-state index contributed by atoms with van der Waals surface area (Å²) in [5.41, 5.74) is 10.0. The minimum Gasteiger partial charge on any atom is -0.497 e. The van der Waals surface area contributed by atoms with E-state index < -0.39 is 41.6 Å². The van der Waals surface area contributed by atoms with Crippen molar-refractivity contribution in [2.45, 2.75) is 57.4 Å². The lowest BCUT2D eigenvalue weighted by Gasteiger charge is -2.23. The Bertz CT molecular complexity index is 2190. The van der Waals surface area contributed by atoms with Crippen molar-refractivity contribution in [1.82, 2.24) is 25.4 Å². The molecule has 4 aromatic carbocycles. The SMILES string of the molecule is COc1ccc(CNC(=O)[C@H](CCN)NC(=O)[C@H](Cc2ccc(F)c(F)c2)NC(=O)Nc2ccc3c(CN4CCCC4)cn(Cc4c(Cl)cccc4Cl)c3c2)cc1. The lowest BCUT2D eigenvalue weighted by atomic mass is 10.0. The molecule has 0 aliphatic carbocycles. The van der Waals surface area contributed by atoms with Gasteiger partial charge in [-0.3, -0.25) is 14.5 Å². The highest BCUT2D eigenvalue weighted by molar-refractivity contribution is 6.36. The van der Waals surface area contributed by atoms with Crippen molar-refractivity contribution in [2.75, 3.05) is 32.1 Å². The Morgan fingerprint density at radius 3 is 2.25 bits per heavy atom. The van der Waals surface area contributed by atoms with Crippen molar-refractivity contribution < 1.29 is 27.9 Å². The summed E-state index contributed by atoms with van der Waals surface area (Å²) in [7, 11) is 1.56. The number of amides is 4.